The van der Waals surface area contributed by atoms with E-state index < -0.39 is 60.3 Å². The van der Waals surface area contributed by atoms with E-state index in [0.717, 1.165) is 17.2 Å². The molecule has 2 aromatic rings. The Bertz CT molecular complexity index is 1140. The summed E-state index contributed by atoms with van der Waals surface area (Å²) in [6.07, 6.45) is -2.36. The monoisotopic (exact) mass is 531 g/mol. The van der Waals surface area contributed by atoms with Gasteiger partial charge in [-0.25, -0.2) is 27.5 Å². The highest BCUT2D eigenvalue weighted by atomic mass is 32.1. The van der Waals surface area contributed by atoms with E-state index in [2.05, 4.69) is 20.6 Å². The van der Waals surface area contributed by atoms with E-state index in [1.165, 1.54) is 13.8 Å². The lowest BCUT2D eigenvalue weighted by Gasteiger charge is -2.22. The number of alkyl halides is 4. The normalized spacial score (nSPS) is 18.4. The van der Waals surface area contributed by atoms with E-state index in [0.29, 0.717) is 11.3 Å². The molecular weight excluding hydrogens is 502 g/mol. The van der Waals surface area contributed by atoms with Crippen molar-refractivity contribution in [1.29, 1.82) is 0 Å². The van der Waals surface area contributed by atoms with Crippen molar-refractivity contribution in [3.05, 3.63) is 28.5 Å². The molecule has 3 N–H and O–H groups in total. The number of thiazole rings is 1. The number of rotatable bonds is 7. The molecule has 2 aromatic heterocycles. The zero-order chi connectivity index (χ0) is 27.0. The van der Waals surface area contributed by atoms with Crippen molar-refractivity contribution in [2.45, 2.75) is 71.0 Å². The number of anilines is 1. The summed E-state index contributed by atoms with van der Waals surface area (Å²) in [7, 11) is 0. The fourth-order valence-electron chi connectivity index (χ4n) is 3.79. The number of likely N-dealkylation sites (tertiary alicyclic amines) is 1. The van der Waals surface area contributed by atoms with E-state index in [1.54, 1.807) is 0 Å². The number of aromatic nitrogens is 2. The molecule has 36 heavy (non-hydrogen) atoms. The molecule has 1 saturated heterocycles. The fourth-order valence-corrected chi connectivity index (χ4v) is 4.78. The molecular formula is C23H29F4N5O3S. The third-order valence-electron chi connectivity index (χ3n) is 5.38. The molecule has 2 amide bonds. The number of hydrogen-bond acceptors (Lipinski definition) is 7. The summed E-state index contributed by atoms with van der Waals surface area (Å²) in [5.41, 5.74) is -1.43. The van der Waals surface area contributed by atoms with Gasteiger partial charge in [-0.2, -0.15) is 0 Å². The van der Waals surface area contributed by atoms with Crippen LogP contribution in [0.3, 0.4) is 0 Å². The minimum Gasteiger partial charge on any atom is -0.394 e. The first-order valence-corrected chi connectivity index (χ1v) is 12.1. The minimum atomic E-state index is -3.10. The van der Waals surface area contributed by atoms with Gasteiger partial charge in [0.2, 0.25) is 0 Å². The van der Waals surface area contributed by atoms with Crippen LogP contribution in [0.25, 0.3) is 10.4 Å². The summed E-state index contributed by atoms with van der Waals surface area (Å²) in [5.74, 6) is -4.55. The SMILES string of the molecule is C[C@H](CO)NC(=O)c1nc(C(=O)N2CC(F)(F)C[C@@H]2C)c(-c2cnc(NC(C)(C)C)cc2C(F)F)s1. The molecule has 198 valence electrons. The van der Waals surface area contributed by atoms with Crippen LogP contribution in [0.15, 0.2) is 12.3 Å². The maximum atomic E-state index is 14.1. The molecule has 1 fully saturated rings. The molecule has 1 aliphatic heterocycles. The highest BCUT2D eigenvalue weighted by Crippen LogP contribution is 2.40. The Labute approximate surface area is 210 Å². The number of aliphatic hydroxyl groups is 1. The van der Waals surface area contributed by atoms with Gasteiger partial charge in [-0.05, 0) is 40.7 Å². The Morgan fingerprint density at radius 2 is 2.00 bits per heavy atom. The lowest BCUT2D eigenvalue weighted by Crippen LogP contribution is -2.36. The van der Waals surface area contributed by atoms with Crippen LogP contribution >= 0.6 is 11.3 Å². The summed E-state index contributed by atoms with van der Waals surface area (Å²) < 4.78 is 56.3. The second kappa shape index (κ2) is 10.3. The van der Waals surface area contributed by atoms with Crippen LogP contribution in [-0.2, 0) is 0 Å². The smallest absolute Gasteiger partial charge is 0.280 e. The predicted molar refractivity (Wildman–Crippen MR) is 128 cm³/mol. The van der Waals surface area contributed by atoms with Crippen LogP contribution in [0.4, 0.5) is 23.4 Å². The van der Waals surface area contributed by atoms with Crippen LogP contribution < -0.4 is 10.6 Å². The van der Waals surface area contributed by atoms with Crippen LogP contribution in [0.2, 0.25) is 0 Å². The Hall–Kier alpha value is -2.80. The van der Waals surface area contributed by atoms with Crippen molar-refractivity contribution in [3.8, 4) is 10.4 Å². The number of hydrogen-bond donors (Lipinski definition) is 3. The number of aliphatic hydroxyl groups excluding tert-OH is 1. The van der Waals surface area contributed by atoms with Gasteiger partial charge in [0, 0.05) is 41.4 Å². The average molecular weight is 532 g/mol. The first-order valence-electron chi connectivity index (χ1n) is 11.3. The number of nitrogens with one attached hydrogen (secondary N) is 2. The van der Waals surface area contributed by atoms with E-state index in [1.807, 2.05) is 20.8 Å². The Kier molecular flexibility index (Phi) is 7.94. The van der Waals surface area contributed by atoms with Crippen molar-refractivity contribution >= 4 is 29.0 Å². The second-order valence-electron chi connectivity index (χ2n) is 9.93. The third kappa shape index (κ3) is 6.30. The Balaban J connectivity index is 2.13. The first-order chi connectivity index (χ1) is 16.6. The molecule has 0 spiro atoms. The quantitative estimate of drug-likeness (QED) is 0.459. The average Bonchev–Trinajstić information content (AvgIpc) is 3.32. The van der Waals surface area contributed by atoms with Gasteiger partial charge < -0.3 is 20.6 Å². The summed E-state index contributed by atoms with van der Waals surface area (Å²) in [6.45, 7) is 7.27. The van der Waals surface area contributed by atoms with Crippen LogP contribution in [-0.4, -0.2) is 68.5 Å². The number of carbonyl (C=O) groups excluding carboxylic acids is 2. The highest BCUT2D eigenvalue weighted by molar-refractivity contribution is 7.17. The molecule has 3 rings (SSSR count). The van der Waals surface area contributed by atoms with E-state index >= 15 is 0 Å². The topological polar surface area (TPSA) is 107 Å². The van der Waals surface area contributed by atoms with Crippen LogP contribution in [0.1, 0.15) is 73.3 Å². The Morgan fingerprint density at radius 1 is 1.33 bits per heavy atom. The summed E-state index contributed by atoms with van der Waals surface area (Å²) in [6, 6.07) is -0.304. The third-order valence-corrected chi connectivity index (χ3v) is 6.47. The van der Waals surface area contributed by atoms with Crippen LogP contribution in [0, 0.1) is 0 Å². The van der Waals surface area contributed by atoms with Crippen molar-refractivity contribution in [3.63, 3.8) is 0 Å². The van der Waals surface area contributed by atoms with Crippen molar-refractivity contribution in [1.82, 2.24) is 20.2 Å². The maximum Gasteiger partial charge on any atom is 0.280 e. The predicted octanol–water partition coefficient (Wildman–Crippen LogP) is 4.33. The summed E-state index contributed by atoms with van der Waals surface area (Å²) in [5, 5.41) is 14.5. The van der Waals surface area contributed by atoms with Gasteiger partial charge in [-0.1, -0.05) is 0 Å². The zero-order valence-electron chi connectivity index (χ0n) is 20.5. The number of nitrogens with zero attached hydrogens (tertiary/aromatic N) is 3. The van der Waals surface area contributed by atoms with Crippen LogP contribution in [0.5, 0.6) is 0 Å². The van der Waals surface area contributed by atoms with Gasteiger partial charge in [-0.15, -0.1) is 11.3 Å². The van der Waals surface area contributed by atoms with Gasteiger partial charge >= 0.3 is 0 Å². The van der Waals surface area contributed by atoms with Gasteiger partial charge in [-0.3, -0.25) is 9.59 Å². The molecule has 0 aromatic carbocycles. The van der Waals surface area contributed by atoms with Crippen molar-refractivity contribution in [2.75, 3.05) is 18.5 Å². The number of amides is 2. The number of pyridine rings is 1. The number of halogens is 4. The first kappa shape index (κ1) is 27.8. The molecule has 13 heteroatoms. The highest BCUT2D eigenvalue weighted by Gasteiger charge is 2.46. The minimum absolute atomic E-state index is 0.0747. The van der Waals surface area contributed by atoms with E-state index in [4.69, 9.17) is 0 Å². The molecule has 1 aliphatic rings. The maximum absolute atomic E-state index is 14.1. The zero-order valence-corrected chi connectivity index (χ0v) is 21.4. The largest absolute Gasteiger partial charge is 0.394 e. The van der Waals surface area contributed by atoms with E-state index in [9.17, 15) is 32.3 Å². The molecule has 2 atom stereocenters. The second-order valence-corrected chi connectivity index (χ2v) is 10.9. The molecule has 0 saturated carbocycles. The molecule has 3 heterocycles. The van der Waals surface area contributed by atoms with E-state index in [-0.39, 0.29) is 33.6 Å². The van der Waals surface area contributed by atoms with Gasteiger partial charge in [0.1, 0.15) is 11.5 Å². The summed E-state index contributed by atoms with van der Waals surface area (Å²) in [4.78, 5) is 35.1. The van der Waals surface area contributed by atoms with Crippen molar-refractivity contribution < 1.29 is 32.3 Å². The molecule has 0 bridgehead atoms. The van der Waals surface area contributed by atoms with Gasteiger partial charge in [0.05, 0.1) is 18.0 Å². The Morgan fingerprint density at radius 3 is 2.53 bits per heavy atom. The lowest BCUT2D eigenvalue weighted by atomic mass is 10.1. The van der Waals surface area contributed by atoms with Gasteiger partial charge in [0.15, 0.2) is 5.01 Å². The summed E-state index contributed by atoms with van der Waals surface area (Å²) >= 11 is 0.678. The molecule has 0 radical (unpaired) electrons. The van der Waals surface area contributed by atoms with Gasteiger partial charge in [0.25, 0.3) is 24.2 Å². The standard InChI is InChI=1S/C23H29F4N5O3S/c1-11(9-33)29-19(34)20-30-16(21(35)32-10-23(26,27)7-12(32)2)17(36-20)14-8-28-15(31-22(3,4)5)6-13(14)18(24)25/h6,8,11-12,18,33H,7,9-10H2,1-5H3,(H,28,31)(H,29,34)/t11-,12+/m1/s1. The molecule has 0 unspecified atom stereocenters. The van der Waals surface area contributed by atoms with Crippen molar-refractivity contribution in [2.24, 2.45) is 0 Å². The molecule has 8 nitrogen and oxygen atoms in total. The lowest BCUT2D eigenvalue weighted by molar-refractivity contribution is 0.0118. The number of carbonyl (C=O) groups is 2. The fraction of sp³-hybridized carbons (Fsp3) is 0.565. The molecule has 0 aliphatic carbocycles.